The Hall–Kier alpha value is -1.91. The van der Waals surface area contributed by atoms with Gasteiger partial charge in [-0.3, -0.25) is 9.82 Å². The predicted octanol–water partition coefficient (Wildman–Crippen LogP) is 2.47. The Bertz CT molecular complexity index is 400. The van der Waals surface area contributed by atoms with Crippen LogP contribution >= 0.6 is 0 Å². The molecule has 0 spiro atoms. The molecule has 0 aliphatic heterocycles. The first-order valence-corrected chi connectivity index (χ1v) is 6.26. The number of carbonyl (C=O) groups is 1. The molecule has 0 aromatic carbocycles. The van der Waals surface area contributed by atoms with Gasteiger partial charge in [0.2, 0.25) is 0 Å². The lowest BCUT2D eigenvalue weighted by Crippen LogP contribution is -2.35. The van der Waals surface area contributed by atoms with E-state index in [1.54, 1.807) is 12.3 Å². The summed E-state index contributed by atoms with van der Waals surface area (Å²) in [4.78, 5) is 20.2. The number of nitrogens with zero attached hydrogens (tertiary/aromatic N) is 2. The minimum Gasteiger partial charge on any atom is -0.317 e. The number of pyridine rings is 1. The van der Waals surface area contributed by atoms with E-state index in [1.165, 1.54) is 25.5 Å². The fourth-order valence-corrected chi connectivity index (χ4v) is 2.02. The Labute approximate surface area is 106 Å². The Kier molecular flexibility index (Phi) is 4.69. The van der Waals surface area contributed by atoms with E-state index in [1.807, 2.05) is 12.1 Å². The molecule has 0 saturated heterocycles. The van der Waals surface area contributed by atoms with Gasteiger partial charge in [-0.1, -0.05) is 30.5 Å². The smallest absolute Gasteiger partial charge is 0.317 e. The maximum Gasteiger partial charge on any atom is 0.433 e. The first kappa shape index (κ1) is 12.5. The van der Waals surface area contributed by atoms with Gasteiger partial charge in [0, 0.05) is 12.2 Å². The molecule has 96 valence electrons. The molecule has 2 rings (SSSR count). The molecule has 1 N–H and O–H groups in total. The monoisotopic (exact) mass is 247 g/mol. The van der Waals surface area contributed by atoms with E-state index >= 15 is 0 Å². The van der Waals surface area contributed by atoms with Crippen LogP contribution in [0.1, 0.15) is 37.8 Å². The van der Waals surface area contributed by atoms with Crippen molar-refractivity contribution in [3.05, 3.63) is 30.1 Å². The van der Waals surface area contributed by atoms with E-state index in [0.717, 1.165) is 12.8 Å². The number of hydrogen-bond donors (Lipinski definition) is 1. The Morgan fingerprint density at radius 2 is 2.22 bits per heavy atom. The highest BCUT2D eigenvalue weighted by Gasteiger charge is 2.16. The third-order valence-corrected chi connectivity index (χ3v) is 2.94. The van der Waals surface area contributed by atoms with Crippen molar-refractivity contribution in [2.45, 2.75) is 38.1 Å². The Balaban J connectivity index is 1.72. The molecule has 1 fully saturated rings. The highest BCUT2D eigenvalue weighted by atomic mass is 16.7. The molecule has 5 nitrogen and oxygen atoms in total. The van der Waals surface area contributed by atoms with Gasteiger partial charge in [-0.25, -0.2) is 4.79 Å². The summed E-state index contributed by atoms with van der Waals surface area (Å²) in [7, 11) is 0. The fraction of sp³-hybridized carbons (Fsp3) is 0.462. The lowest BCUT2D eigenvalue weighted by Gasteiger charge is -2.21. The highest BCUT2D eigenvalue weighted by Crippen LogP contribution is 2.17. The molecule has 0 radical (unpaired) electrons. The molecule has 1 heterocycles. The van der Waals surface area contributed by atoms with Gasteiger partial charge < -0.3 is 5.32 Å². The molecule has 1 aromatic rings. The maximum absolute atomic E-state index is 11.4. The summed E-state index contributed by atoms with van der Waals surface area (Å²) in [6.07, 6.45) is 8.23. The summed E-state index contributed by atoms with van der Waals surface area (Å²) in [6, 6.07) is 5.67. The van der Waals surface area contributed by atoms with Crippen LogP contribution in [0.25, 0.3) is 0 Å². The minimum absolute atomic E-state index is 0.233. The van der Waals surface area contributed by atoms with E-state index in [9.17, 15) is 4.79 Å². The van der Waals surface area contributed by atoms with Crippen LogP contribution in [0.5, 0.6) is 0 Å². The zero-order chi connectivity index (χ0) is 12.6. The number of amides is 1. The molecule has 1 aromatic heterocycles. The van der Waals surface area contributed by atoms with Crippen molar-refractivity contribution in [3.63, 3.8) is 0 Å². The number of rotatable bonds is 3. The average Bonchev–Trinajstić information content (AvgIpc) is 2.41. The molecule has 0 unspecified atom stereocenters. The summed E-state index contributed by atoms with van der Waals surface area (Å²) < 4.78 is 0. The summed E-state index contributed by atoms with van der Waals surface area (Å²) in [5.74, 6) is 0. The third-order valence-electron chi connectivity index (χ3n) is 2.94. The van der Waals surface area contributed by atoms with Crippen LogP contribution in [0.15, 0.2) is 29.6 Å². The van der Waals surface area contributed by atoms with Gasteiger partial charge >= 0.3 is 6.09 Å². The van der Waals surface area contributed by atoms with Gasteiger partial charge in [0.25, 0.3) is 0 Å². The van der Waals surface area contributed by atoms with Crippen molar-refractivity contribution in [2.75, 3.05) is 0 Å². The first-order chi connectivity index (χ1) is 8.84. The SMILES string of the molecule is O=C(NC1CCCCC1)O/N=C/c1ccccn1. The molecule has 1 aliphatic rings. The number of aromatic nitrogens is 1. The van der Waals surface area contributed by atoms with Crippen LogP contribution < -0.4 is 5.32 Å². The zero-order valence-corrected chi connectivity index (χ0v) is 10.2. The number of hydrogen-bond acceptors (Lipinski definition) is 4. The largest absolute Gasteiger partial charge is 0.433 e. The van der Waals surface area contributed by atoms with Crippen LogP contribution in [0.4, 0.5) is 4.79 Å². The minimum atomic E-state index is -0.492. The van der Waals surface area contributed by atoms with Gasteiger partial charge in [-0.05, 0) is 25.0 Å². The second-order valence-corrected chi connectivity index (χ2v) is 4.35. The van der Waals surface area contributed by atoms with Gasteiger partial charge in [-0.15, -0.1) is 0 Å². The van der Waals surface area contributed by atoms with Crippen molar-refractivity contribution in [1.29, 1.82) is 0 Å². The quantitative estimate of drug-likeness (QED) is 0.507. The van der Waals surface area contributed by atoms with Crippen molar-refractivity contribution in [3.8, 4) is 0 Å². The summed E-state index contributed by atoms with van der Waals surface area (Å²) >= 11 is 0. The molecular weight excluding hydrogens is 230 g/mol. The highest BCUT2D eigenvalue weighted by molar-refractivity contribution is 5.77. The van der Waals surface area contributed by atoms with Crippen LogP contribution in [-0.4, -0.2) is 23.3 Å². The Morgan fingerprint density at radius 1 is 1.39 bits per heavy atom. The van der Waals surface area contributed by atoms with Gasteiger partial charge in [0.1, 0.15) is 0 Å². The molecule has 0 bridgehead atoms. The lowest BCUT2D eigenvalue weighted by atomic mass is 9.96. The van der Waals surface area contributed by atoms with Crippen molar-refractivity contribution < 1.29 is 9.63 Å². The first-order valence-electron chi connectivity index (χ1n) is 6.26. The zero-order valence-electron chi connectivity index (χ0n) is 10.2. The molecule has 1 aliphatic carbocycles. The summed E-state index contributed by atoms with van der Waals surface area (Å²) in [5, 5.41) is 6.42. The van der Waals surface area contributed by atoms with E-state index in [0.29, 0.717) is 5.69 Å². The summed E-state index contributed by atoms with van der Waals surface area (Å²) in [6.45, 7) is 0. The molecule has 1 saturated carbocycles. The van der Waals surface area contributed by atoms with Crippen molar-refractivity contribution in [1.82, 2.24) is 10.3 Å². The van der Waals surface area contributed by atoms with Crippen molar-refractivity contribution >= 4 is 12.3 Å². The van der Waals surface area contributed by atoms with Crippen LogP contribution in [0.2, 0.25) is 0 Å². The van der Waals surface area contributed by atoms with Crippen LogP contribution in [0, 0.1) is 0 Å². The number of carbonyl (C=O) groups excluding carboxylic acids is 1. The average molecular weight is 247 g/mol. The van der Waals surface area contributed by atoms with Gasteiger partial charge in [0.15, 0.2) is 0 Å². The molecule has 1 amide bonds. The summed E-state index contributed by atoms with van der Waals surface area (Å²) in [5.41, 5.74) is 0.656. The van der Waals surface area contributed by atoms with E-state index in [4.69, 9.17) is 4.84 Å². The van der Waals surface area contributed by atoms with E-state index in [2.05, 4.69) is 15.5 Å². The second-order valence-electron chi connectivity index (χ2n) is 4.35. The van der Waals surface area contributed by atoms with E-state index in [-0.39, 0.29) is 6.04 Å². The molecular formula is C13H17N3O2. The second kappa shape index (κ2) is 6.74. The van der Waals surface area contributed by atoms with Crippen LogP contribution in [-0.2, 0) is 4.84 Å². The predicted molar refractivity (Wildman–Crippen MR) is 68.3 cm³/mol. The molecule has 5 heteroatoms. The molecule has 18 heavy (non-hydrogen) atoms. The van der Waals surface area contributed by atoms with Crippen LogP contribution in [0.3, 0.4) is 0 Å². The normalized spacial score (nSPS) is 16.7. The maximum atomic E-state index is 11.4. The lowest BCUT2D eigenvalue weighted by molar-refractivity contribution is 0.144. The van der Waals surface area contributed by atoms with Gasteiger partial charge in [0.05, 0.1) is 11.9 Å². The number of oxime groups is 1. The Morgan fingerprint density at radius 3 is 2.94 bits per heavy atom. The topological polar surface area (TPSA) is 63.6 Å². The fourth-order valence-electron chi connectivity index (χ4n) is 2.02. The standard InChI is InChI=1S/C13H17N3O2/c17-13(16-11-6-2-1-3-7-11)18-15-10-12-8-4-5-9-14-12/h4-5,8-11H,1-3,6-7H2,(H,16,17)/b15-10+. The van der Waals surface area contributed by atoms with Gasteiger partial charge in [-0.2, -0.15) is 0 Å². The molecule has 0 atom stereocenters. The van der Waals surface area contributed by atoms with Crippen molar-refractivity contribution in [2.24, 2.45) is 5.16 Å². The van der Waals surface area contributed by atoms with E-state index < -0.39 is 6.09 Å². The number of nitrogens with one attached hydrogen (secondary N) is 1. The third kappa shape index (κ3) is 4.16.